The molecule has 0 bridgehead atoms. The van der Waals surface area contributed by atoms with E-state index in [2.05, 4.69) is 89.5 Å². The number of amides is 1. The number of nitrogens with two attached hydrogens (primary N) is 2. The van der Waals surface area contributed by atoms with Gasteiger partial charge in [-0.15, -0.1) is 0 Å². The number of carbonyl (C=O) groups is 1. The number of aliphatic imine (C=N–C) groups is 1. The van der Waals surface area contributed by atoms with Crippen LogP contribution in [0, 0.1) is 5.82 Å². The minimum Gasteiger partial charge on any atom is -0.370 e. The Hall–Kier alpha value is -5.53. The lowest BCUT2D eigenvalue weighted by atomic mass is 9.85. The van der Waals surface area contributed by atoms with Crippen molar-refractivity contribution in [1.82, 2.24) is 30.5 Å². The second-order valence-corrected chi connectivity index (χ2v) is 16.5. The number of benzene rings is 3. The number of nitrogens with one attached hydrogen (secondary N) is 4. The summed E-state index contributed by atoms with van der Waals surface area (Å²) in [6.45, 7) is 19.4. The summed E-state index contributed by atoms with van der Waals surface area (Å²) in [6.07, 6.45) is 3.38. The van der Waals surface area contributed by atoms with Crippen LogP contribution in [0.2, 0.25) is 0 Å². The number of carbonyl (C=O) groups excluding carboxylic acids is 1. The van der Waals surface area contributed by atoms with Gasteiger partial charge in [0.2, 0.25) is 0 Å². The lowest BCUT2D eigenvalue weighted by Gasteiger charge is -2.31. The highest BCUT2D eigenvalue weighted by molar-refractivity contribution is 5.95. The van der Waals surface area contributed by atoms with Gasteiger partial charge in [0.15, 0.2) is 5.96 Å². The number of rotatable bonds is 12. The Morgan fingerprint density at radius 1 is 0.877 bits per heavy atom. The Kier molecular flexibility index (Phi) is 14.3. The molecule has 8 N–H and O–H groups in total. The third-order valence-corrected chi connectivity index (χ3v) is 9.81. The average molecular weight is 779 g/mol. The first kappa shape index (κ1) is 42.6. The van der Waals surface area contributed by atoms with Gasteiger partial charge in [0.1, 0.15) is 11.5 Å². The molecule has 0 atom stereocenters. The van der Waals surface area contributed by atoms with E-state index in [0.29, 0.717) is 30.7 Å². The Morgan fingerprint density at radius 2 is 1.56 bits per heavy atom. The number of halogens is 1. The van der Waals surface area contributed by atoms with Crippen LogP contribution < -0.4 is 38.0 Å². The van der Waals surface area contributed by atoms with Gasteiger partial charge in [0, 0.05) is 79.8 Å². The third kappa shape index (κ3) is 12.5. The van der Waals surface area contributed by atoms with E-state index in [9.17, 15) is 14.0 Å². The van der Waals surface area contributed by atoms with Gasteiger partial charge in [0.05, 0.1) is 5.69 Å². The van der Waals surface area contributed by atoms with Crippen molar-refractivity contribution in [3.63, 3.8) is 0 Å². The van der Waals surface area contributed by atoms with Gasteiger partial charge in [-0.05, 0) is 90.0 Å². The molecule has 1 aliphatic heterocycles. The molecule has 0 saturated carbocycles. The van der Waals surface area contributed by atoms with Gasteiger partial charge in [-0.2, -0.15) is 4.98 Å². The maximum Gasteiger partial charge on any atom is 0.354 e. The van der Waals surface area contributed by atoms with Crippen molar-refractivity contribution in [3.05, 3.63) is 123 Å². The fraction of sp³-hybridized carbons (Fsp3) is 0.409. The zero-order chi connectivity index (χ0) is 41.2. The third-order valence-electron chi connectivity index (χ3n) is 9.81. The molecule has 1 amide bonds. The number of aromatic amines is 1. The van der Waals surface area contributed by atoms with Crippen LogP contribution in [-0.2, 0) is 23.8 Å². The van der Waals surface area contributed by atoms with Crippen LogP contribution in [0.5, 0.6) is 0 Å². The molecule has 1 saturated heterocycles. The summed E-state index contributed by atoms with van der Waals surface area (Å²) in [5.74, 6) is -0.186. The molecule has 13 heteroatoms. The van der Waals surface area contributed by atoms with E-state index in [4.69, 9.17) is 11.5 Å². The largest absolute Gasteiger partial charge is 0.370 e. The Bertz CT molecular complexity index is 2170. The van der Waals surface area contributed by atoms with E-state index < -0.39 is 0 Å². The first-order valence-electron chi connectivity index (χ1n) is 19.7. The van der Waals surface area contributed by atoms with Crippen molar-refractivity contribution in [1.29, 1.82) is 0 Å². The molecular formula is C44H59FN10O2. The van der Waals surface area contributed by atoms with Crippen molar-refractivity contribution in [3.8, 4) is 5.69 Å². The zero-order valence-electron chi connectivity index (χ0n) is 34.2. The van der Waals surface area contributed by atoms with E-state index in [1.807, 2.05) is 42.6 Å². The van der Waals surface area contributed by atoms with E-state index in [1.165, 1.54) is 12.1 Å². The van der Waals surface area contributed by atoms with Crippen LogP contribution in [0.3, 0.4) is 0 Å². The highest BCUT2D eigenvalue weighted by Crippen LogP contribution is 2.29. The van der Waals surface area contributed by atoms with E-state index in [-0.39, 0.29) is 34.2 Å². The van der Waals surface area contributed by atoms with Gasteiger partial charge in [0.25, 0.3) is 5.91 Å². The number of anilines is 1. The molecule has 3 aromatic carbocycles. The predicted molar refractivity (Wildman–Crippen MR) is 230 cm³/mol. The van der Waals surface area contributed by atoms with Gasteiger partial charge in [-0.25, -0.2) is 9.18 Å². The van der Waals surface area contributed by atoms with Crippen LogP contribution in [-0.4, -0.2) is 72.2 Å². The van der Waals surface area contributed by atoms with Crippen molar-refractivity contribution < 1.29 is 9.18 Å². The molecule has 12 nitrogen and oxygen atoms in total. The van der Waals surface area contributed by atoms with E-state index in [0.717, 1.165) is 84.8 Å². The Labute approximate surface area is 335 Å². The fourth-order valence-electron chi connectivity index (χ4n) is 6.36. The summed E-state index contributed by atoms with van der Waals surface area (Å²) < 4.78 is 14.6. The number of aromatic nitrogens is 3. The molecule has 0 aliphatic carbocycles. The first-order valence-corrected chi connectivity index (χ1v) is 19.7. The van der Waals surface area contributed by atoms with Crippen LogP contribution in [0.25, 0.3) is 16.7 Å². The molecular weight excluding hydrogens is 720 g/mol. The first-order chi connectivity index (χ1) is 27.1. The van der Waals surface area contributed by atoms with Crippen molar-refractivity contribution in [2.45, 2.75) is 71.8 Å². The Balaban J connectivity index is 0.000000218. The van der Waals surface area contributed by atoms with Crippen LogP contribution >= 0.6 is 0 Å². The van der Waals surface area contributed by atoms with Gasteiger partial charge >= 0.3 is 5.69 Å². The molecule has 1 aliphatic rings. The Morgan fingerprint density at radius 3 is 2.21 bits per heavy atom. The summed E-state index contributed by atoms with van der Waals surface area (Å²) in [7, 11) is 0. The van der Waals surface area contributed by atoms with E-state index >= 15 is 0 Å². The quantitative estimate of drug-likeness (QED) is 0.0565. The predicted octanol–water partition coefficient (Wildman–Crippen LogP) is 5.27. The average Bonchev–Trinajstić information content (AvgIpc) is 3.61. The lowest BCUT2D eigenvalue weighted by Crippen LogP contribution is -2.43. The zero-order valence-corrected chi connectivity index (χ0v) is 34.2. The van der Waals surface area contributed by atoms with Crippen LogP contribution in [0.1, 0.15) is 80.7 Å². The molecule has 5 aromatic rings. The molecule has 0 spiro atoms. The number of hydrogen-bond acceptors (Lipinski definition) is 7. The van der Waals surface area contributed by atoms with Gasteiger partial charge < -0.3 is 37.3 Å². The second kappa shape index (κ2) is 19.1. The molecule has 1 fully saturated rings. The maximum atomic E-state index is 13.0. The fourth-order valence-corrected chi connectivity index (χ4v) is 6.36. The maximum absolute atomic E-state index is 13.0. The minimum atomic E-state index is -0.301. The van der Waals surface area contributed by atoms with Crippen molar-refractivity contribution in [2.75, 3.05) is 50.7 Å². The van der Waals surface area contributed by atoms with Gasteiger partial charge in [-0.1, -0.05) is 65.8 Å². The number of nitrogens with zero attached hydrogens (tertiary/aromatic N) is 4. The molecule has 2 aromatic heterocycles. The summed E-state index contributed by atoms with van der Waals surface area (Å²) >= 11 is 0. The monoisotopic (exact) mass is 778 g/mol. The number of hydrogen-bond donors (Lipinski definition) is 6. The molecule has 0 radical (unpaired) electrons. The highest BCUT2D eigenvalue weighted by atomic mass is 19.1. The van der Waals surface area contributed by atoms with Gasteiger partial charge in [-0.3, -0.25) is 14.4 Å². The molecule has 304 valence electrons. The second-order valence-electron chi connectivity index (χ2n) is 16.5. The lowest BCUT2D eigenvalue weighted by molar-refractivity contribution is 0.0954. The highest BCUT2D eigenvalue weighted by Gasteiger charge is 2.21. The smallest absolute Gasteiger partial charge is 0.354 e. The molecule has 57 heavy (non-hydrogen) atoms. The van der Waals surface area contributed by atoms with E-state index in [1.54, 1.807) is 16.7 Å². The van der Waals surface area contributed by atoms with Crippen molar-refractivity contribution >= 4 is 28.6 Å². The number of guanidine groups is 1. The standard InChI is InChI=1S/C23H30FN3O.C21H29N7O/c1-23(2,3)19-14-18(15-21(16-19)27-12-10-25-11-13-27)22(28)26-9-8-17-4-6-20(24)7-5-17;1-21(2,3)17-11-15-13-28(20(29)27-18(15)26-17)16-7-5-14(6-8-16)12-24-9-4-10-25-19(22)23/h4-7,14-16,25H,8-13H2,1-3H3,(H,26,28);5-8,11,13,24H,4,9-10,12H2,1-3H3,(H4,22,23,25)(H,26,27,29). The topological polar surface area (TPSA) is 171 Å². The number of fused-ring (bicyclic) bond motifs is 1. The summed E-state index contributed by atoms with van der Waals surface area (Å²) in [4.78, 5) is 39.0. The molecule has 0 unspecified atom stereocenters. The van der Waals surface area contributed by atoms with Crippen LogP contribution in [0.4, 0.5) is 10.1 Å². The molecule has 6 rings (SSSR count). The van der Waals surface area contributed by atoms with Crippen LogP contribution in [0.15, 0.2) is 88.8 Å². The summed E-state index contributed by atoms with van der Waals surface area (Å²) in [6, 6.07) is 22.5. The number of H-pyrrole nitrogens is 1. The summed E-state index contributed by atoms with van der Waals surface area (Å²) in [5, 5.41) is 10.6. The number of piperazine rings is 1. The SMILES string of the molecule is CC(C)(C)c1cc(C(=O)NCCc2ccc(F)cc2)cc(N2CCNCC2)c1.CC(C)(C)c1cc2cn(-c3ccc(CNCCCN=C(N)N)cc3)c(=O)nc2[nH]1. The van der Waals surface area contributed by atoms with Crippen molar-refractivity contribution in [2.24, 2.45) is 16.5 Å². The minimum absolute atomic E-state index is 0.0345. The normalized spacial score (nSPS) is 13.2. The summed E-state index contributed by atoms with van der Waals surface area (Å²) in [5.41, 5.74) is 17.8. The molecule has 3 heterocycles.